The van der Waals surface area contributed by atoms with Gasteiger partial charge in [-0.1, -0.05) is 29.8 Å². The number of carbonyl (C=O) groups excluding carboxylic acids is 1. The van der Waals surface area contributed by atoms with Gasteiger partial charge in [0.25, 0.3) is 0 Å². The molecule has 0 saturated carbocycles. The van der Waals surface area contributed by atoms with E-state index in [1.165, 1.54) is 5.56 Å². The Kier molecular flexibility index (Phi) is 3.50. The number of nitrogens with zero attached hydrogens (tertiary/aromatic N) is 1. The Bertz CT molecular complexity index is 387. The van der Waals surface area contributed by atoms with E-state index in [-0.39, 0.29) is 6.04 Å². The summed E-state index contributed by atoms with van der Waals surface area (Å²) in [6.07, 6.45) is 2.78. The van der Waals surface area contributed by atoms with Crippen LogP contribution in [0.3, 0.4) is 0 Å². The van der Waals surface area contributed by atoms with Gasteiger partial charge in [0.2, 0.25) is 6.08 Å². The summed E-state index contributed by atoms with van der Waals surface area (Å²) in [4.78, 5) is 14.5. The van der Waals surface area contributed by atoms with Crippen LogP contribution >= 0.6 is 0 Å². The Balaban J connectivity index is 2.24. The van der Waals surface area contributed by atoms with Gasteiger partial charge in [-0.2, -0.15) is 4.99 Å². The van der Waals surface area contributed by atoms with E-state index in [1.54, 1.807) is 6.08 Å². The summed E-state index contributed by atoms with van der Waals surface area (Å²) >= 11 is 0. The molecule has 3 heteroatoms. The third-order valence-electron chi connectivity index (χ3n) is 3.16. The van der Waals surface area contributed by atoms with Gasteiger partial charge in [-0.25, -0.2) is 4.79 Å². The van der Waals surface area contributed by atoms with E-state index in [1.807, 2.05) is 0 Å². The first-order chi connectivity index (χ1) is 7.81. The maximum Gasteiger partial charge on any atom is 0.235 e. The number of nitrogens with one attached hydrogen (secondary N) is 1. The molecule has 0 spiro atoms. The van der Waals surface area contributed by atoms with Crippen LogP contribution in [0.1, 0.15) is 23.6 Å². The van der Waals surface area contributed by atoms with Crippen molar-refractivity contribution in [3.63, 3.8) is 0 Å². The third kappa shape index (κ3) is 2.38. The van der Waals surface area contributed by atoms with Gasteiger partial charge in [-0.3, -0.25) is 0 Å². The molecule has 0 amide bonds. The van der Waals surface area contributed by atoms with E-state index in [9.17, 15) is 4.79 Å². The summed E-state index contributed by atoms with van der Waals surface area (Å²) in [6, 6.07) is 8.20. The molecular weight excluding hydrogens is 200 g/mol. The van der Waals surface area contributed by atoms with Crippen LogP contribution in [0.25, 0.3) is 0 Å². The molecule has 1 fully saturated rings. The molecule has 0 radical (unpaired) electrons. The van der Waals surface area contributed by atoms with Crippen LogP contribution in [0.2, 0.25) is 0 Å². The highest BCUT2D eigenvalue weighted by Gasteiger charge is 2.25. The molecule has 1 aliphatic heterocycles. The summed E-state index contributed by atoms with van der Waals surface area (Å²) in [6.45, 7) is 4.00. The number of hydrogen-bond acceptors (Lipinski definition) is 3. The van der Waals surface area contributed by atoms with Gasteiger partial charge in [0.1, 0.15) is 0 Å². The zero-order valence-corrected chi connectivity index (χ0v) is 9.44. The Morgan fingerprint density at radius 3 is 2.75 bits per heavy atom. The van der Waals surface area contributed by atoms with Crippen LogP contribution in [0.15, 0.2) is 29.3 Å². The van der Waals surface area contributed by atoms with Gasteiger partial charge < -0.3 is 5.32 Å². The van der Waals surface area contributed by atoms with Crippen molar-refractivity contribution in [3.8, 4) is 0 Å². The lowest BCUT2D eigenvalue weighted by molar-refractivity contribution is 0.465. The van der Waals surface area contributed by atoms with Crippen molar-refractivity contribution in [1.29, 1.82) is 0 Å². The molecule has 1 aromatic rings. The Labute approximate surface area is 95.6 Å². The van der Waals surface area contributed by atoms with Gasteiger partial charge in [-0.05, 0) is 31.4 Å². The number of hydrogen-bond donors (Lipinski definition) is 1. The van der Waals surface area contributed by atoms with E-state index in [4.69, 9.17) is 0 Å². The minimum atomic E-state index is -0.0342. The second-order valence-electron chi connectivity index (χ2n) is 4.33. The lowest BCUT2D eigenvalue weighted by Gasteiger charge is -2.17. The first-order valence-electron chi connectivity index (χ1n) is 5.65. The zero-order chi connectivity index (χ0) is 11.4. The standard InChI is InChI=1S/C13H16N2O/c1-10-2-4-11(5-3-10)13(15-9-16)12-6-7-14-8-12/h2-5,12-14H,6-8H2,1H3. The Morgan fingerprint density at radius 2 is 2.19 bits per heavy atom. The molecule has 0 aromatic heterocycles. The van der Waals surface area contributed by atoms with Crippen LogP contribution in [-0.4, -0.2) is 19.2 Å². The number of aryl methyl sites for hydroxylation is 1. The Morgan fingerprint density at radius 1 is 1.44 bits per heavy atom. The van der Waals surface area contributed by atoms with Crippen molar-refractivity contribution < 1.29 is 4.79 Å². The van der Waals surface area contributed by atoms with E-state index in [0.717, 1.165) is 25.1 Å². The second kappa shape index (κ2) is 5.06. The highest BCUT2D eigenvalue weighted by atomic mass is 16.1. The highest BCUT2D eigenvalue weighted by molar-refractivity contribution is 5.36. The molecule has 1 aromatic carbocycles. The fraction of sp³-hybridized carbons (Fsp3) is 0.462. The maximum atomic E-state index is 10.5. The van der Waals surface area contributed by atoms with Crippen LogP contribution in [0.4, 0.5) is 0 Å². The zero-order valence-electron chi connectivity index (χ0n) is 9.44. The highest BCUT2D eigenvalue weighted by Crippen LogP contribution is 2.30. The maximum absolute atomic E-state index is 10.5. The normalized spacial score (nSPS) is 21.4. The molecule has 1 aliphatic rings. The molecular formula is C13H16N2O. The molecule has 1 heterocycles. The van der Waals surface area contributed by atoms with Crippen molar-refractivity contribution in [1.82, 2.24) is 5.32 Å². The van der Waals surface area contributed by atoms with Gasteiger partial charge >= 0.3 is 0 Å². The first kappa shape index (κ1) is 11.1. The first-order valence-corrected chi connectivity index (χ1v) is 5.65. The predicted octanol–water partition coefficient (Wildman–Crippen LogP) is 1.98. The molecule has 3 nitrogen and oxygen atoms in total. The molecule has 84 valence electrons. The molecule has 0 aliphatic carbocycles. The summed E-state index contributed by atoms with van der Waals surface area (Å²) in [7, 11) is 0. The fourth-order valence-corrected chi connectivity index (χ4v) is 2.22. The lowest BCUT2D eigenvalue weighted by atomic mass is 9.92. The summed E-state index contributed by atoms with van der Waals surface area (Å²) in [5.74, 6) is 0.421. The molecule has 16 heavy (non-hydrogen) atoms. The SMILES string of the molecule is Cc1ccc(C(N=C=O)C2CCNC2)cc1. The van der Waals surface area contributed by atoms with Crippen molar-refractivity contribution in [3.05, 3.63) is 35.4 Å². The topological polar surface area (TPSA) is 41.5 Å². The minimum absolute atomic E-state index is 0.0342. The molecule has 2 unspecified atom stereocenters. The van der Waals surface area contributed by atoms with E-state index >= 15 is 0 Å². The van der Waals surface area contributed by atoms with E-state index < -0.39 is 0 Å². The quantitative estimate of drug-likeness (QED) is 0.620. The number of aliphatic imine (C=N–C) groups is 1. The molecule has 2 rings (SSSR count). The largest absolute Gasteiger partial charge is 0.316 e. The van der Waals surface area contributed by atoms with Crippen LogP contribution in [0.5, 0.6) is 0 Å². The number of isocyanates is 1. The van der Waals surface area contributed by atoms with Crippen molar-refractivity contribution in [2.24, 2.45) is 10.9 Å². The summed E-state index contributed by atoms with van der Waals surface area (Å²) < 4.78 is 0. The van der Waals surface area contributed by atoms with Crippen LogP contribution in [0, 0.1) is 12.8 Å². The molecule has 0 bridgehead atoms. The van der Waals surface area contributed by atoms with Crippen molar-refractivity contribution in [2.75, 3.05) is 13.1 Å². The lowest BCUT2D eigenvalue weighted by Crippen LogP contribution is -2.15. The van der Waals surface area contributed by atoms with E-state index in [0.29, 0.717) is 5.92 Å². The van der Waals surface area contributed by atoms with Crippen molar-refractivity contribution in [2.45, 2.75) is 19.4 Å². The fourth-order valence-electron chi connectivity index (χ4n) is 2.22. The third-order valence-corrected chi connectivity index (χ3v) is 3.16. The average Bonchev–Trinajstić information content (AvgIpc) is 2.81. The molecule has 1 N–H and O–H groups in total. The van der Waals surface area contributed by atoms with Gasteiger partial charge in [0.05, 0.1) is 6.04 Å². The summed E-state index contributed by atoms with van der Waals surface area (Å²) in [5, 5.41) is 3.30. The molecule has 1 saturated heterocycles. The van der Waals surface area contributed by atoms with Gasteiger partial charge in [-0.15, -0.1) is 0 Å². The second-order valence-corrected chi connectivity index (χ2v) is 4.33. The molecule has 2 atom stereocenters. The van der Waals surface area contributed by atoms with Crippen LogP contribution in [-0.2, 0) is 4.79 Å². The smallest absolute Gasteiger partial charge is 0.235 e. The van der Waals surface area contributed by atoms with Crippen molar-refractivity contribution >= 4 is 6.08 Å². The predicted molar refractivity (Wildman–Crippen MR) is 63.0 cm³/mol. The minimum Gasteiger partial charge on any atom is -0.316 e. The van der Waals surface area contributed by atoms with Gasteiger partial charge in [0, 0.05) is 6.54 Å². The Hall–Kier alpha value is -1.44. The van der Waals surface area contributed by atoms with Gasteiger partial charge in [0.15, 0.2) is 0 Å². The number of rotatable bonds is 3. The van der Waals surface area contributed by atoms with E-state index in [2.05, 4.69) is 41.5 Å². The monoisotopic (exact) mass is 216 g/mol. The number of benzene rings is 1. The van der Waals surface area contributed by atoms with Crippen LogP contribution < -0.4 is 5.32 Å². The average molecular weight is 216 g/mol. The summed E-state index contributed by atoms with van der Waals surface area (Å²) in [5.41, 5.74) is 2.34.